The average Bonchev–Trinajstić information content (AvgIpc) is 2.21. The van der Waals surface area contributed by atoms with Gasteiger partial charge in [0, 0.05) is 25.0 Å². The molecule has 4 heteroatoms. The number of likely N-dealkylation sites (N-methyl/N-ethyl adjacent to an activating group) is 1. The van der Waals surface area contributed by atoms with Crippen molar-refractivity contribution >= 4 is 5.91 Å². The van der Waals surface area contributed by atoms with Crippen LogP contribution in [0.2, 0.25) is 0 Å². The van der Waals surface area contributed by atoms with Crippen molar-refractivity contribution < 1.29 is 4.79 Å². The van der Waals surface area contributed by atoms with Crippen LogP contribution in [0.4, 0.5) is 0 Å². The number of amides is 1. The van der Waals surface area contributed by atoms with Gasteiger partial charge in [-0.3, -0.25) is 4.79 Å². The molecular formula is C12H25N3O. The molecule has 0 aromatic carbocycles. The first-order valence-corrected chi connectivity index (χ1v) is 6.18. The maximum atomic E-state index is 11.9. The Morgan fingerprint density at radius 2 is 2.12 bits per heavy atom. The van der Waals surface area contributed by atoms with Crippen LogP contribution >= 0.6 is 0 Å². The summed E-state index contributed by atoms with van der Waals surface area (Å²) in [4.78, 5) is 13.9. The fourth-order valence-corrected chi connectivity index (χ4v) is 2.20. The van der Waals surface area contributed by atoms with Gasteiger partial charge in [-0.05, 0) is 39.3 Å². The summed E-state index contributed by atoms with van der Waals surface area (Å²) in [7, 11) is 4.02. The van der Waals surface area contributed by atoms with E-state index >= 15 is 0 Å². The Labute approximate surface area is 98.6 Å². The zero-order valence-corrected chi connectivity index (χ0v) is 10.7. The van der Waals surface area contributed by atoms with Crippen molar-refractivity contribution in [2.75, 3.05) is 27.2 Å². The van der Waals surface area contributed by atoms with Gasteiger partial charge in [-0.2, -0.15) is 0 Å². The molecule has 0 aliphatic heterocycles. The van der Waals surface area contributed by atoms with Crippen LogP contribution in [-0.4, -0.2) is 44.0 Å². The minimum atomic E-state index is 0.178. The predicted molar refractivity (Wildman–Crippen MR) is 66.0 cm³/mol. The molecule has 3 unspecified atom stereocenters. The highest BCUT2D eigenvalue weighted by atomic mass is 16.1. The summed E-state index contributed by atoms with van der Waals surface area (Å²) < 4.78 is 0. The van der Waals surface area contributed by atoms with E-state index in [9.17, 15) is 4.79 Å². The van der Waals surface area contributed by atoms with Crippen molar-refractivity contribution in [3.63, 3.8) is 0 Å². The van der Waals surface area contributed by atoms with Gasteiger partial charge in [-0.25, -0.2) is 0 Å². The minimum absolute atomic E-state index is 0.178. The van der Waals surface area contributed by atoms with Crippen LogP contribution in [0.25, 0.3) is 0 Å². The molecule has 1 aliphatic carbocycles. The second kappa shape index (κ2) is 6.21. The Morgan fingerprint density at radius 3 is 2.69 bits per heavy atom. The largest absolute Gasteiger partial charge is 0.355 e. The Kier molecular flexibility index (Phi) is 5.22. The molecular weight excluding hydrogens is 202 g/mol. The molecule has 1 amide bonds. The van der Waals surface area contributed by atoms with Gasteiger partial charge in [0.25, 0.3) is 0 Å². The zero-order valence-electron chi connectivity index (χ0n) is 10.7. The molecule has 1 rings (SSSR count). The van der Waals surface area contributed by atoms with Gasteiger partial charge in [0.2, 0.25) is 5.91 Å². The monoisotopic (exact) mass is 227 g/mol. The summed E-state index contributed by atoms with van der Waals surface area (Å²) >= 11 is 0. The van der Waals surface area contributed by atoms with Crippen molar-refractivity contribution in [3.8, 4) is 0 Å². The van der Waals surface area contributed by atoms with E-state index in [0.717, 1.165) is 32.4 Å². The molecule has 0 bridgehead atoms. The molecule has 16 heavy (non-hydrogen) atoms. The van der Waals surface area contributed by atoms with E-state index in [-0.39, 0.29) is 17.9 Å². The van der Waals surface area contributed by atoms with Gasteiger partial charge in [0.15, 0.2) is 0 Å². The molecule has 1 saturated carbocycles. The highest BCUT2D eigenvalue weighted by Crippen LogP contribution is 2.27. The zero-order chi connectivity index (χ0) is 12.1. The first kappa shape index (κ1) is 13.5. The highest BCUT2D eigenvalue weighted by Gasteiger charge is 2.29. The number of hydrogen-bond acceptors (Lipinski definition) is 3. The molecule has 3 atom stereocenters. The topological polar surface area (TPSA) is 58.4 Å². The van der Waals surface area contributed by atoms with E-state index in [0.29, 0.717) is 5.92 Å². The van der Waals surface area contributed by atoms with Crippen LogP contribution in [0, 0.1) is 11.8 Å². The van der Waals surface area contributed by atoms with Crippen molar-refractivity contribution in [2.45, 2.75) is 32.2 Å². The van der Waals surface area contributed by atoms with Crippen LogP contribution in [-0.2, 0) is 4.79 Å². The van der Waals surface area contributed by atoms with Crippen LogP contribution in [0.5, 0.6) is 0 Å². The number of carbonyl (C=O) groups excluding carboxylic acids is 1. The number of hydrogen-bond donors (Lipinski definition) is 2. The molecule has 0 heterocycles. The fourth-order valence-electron chi connectivity index (χ4n) is 2.20. The lowest BCUT2D eigenvalue weighted by Gasteiger charge is -2.31. The maximum absolute atomic E-state index is 11.9. The third-order valence-electron chi connectivity index (χ3n) is 3.46. The summed E-state index contributed by atoms with van der Waals surface area (Å²) in [5.41, 5.74) is 5.94. The Hall–Kier alpha value is -0.610. The van der Waals surface area contributed by atoms with E-state index in [1.54, 1.807) is 0 Å². The second-order valence-electron chi connectivity index (χ2n) is 5.25. The average molecular weight is 227 g/mol. The molecule has 0 radical (unpaired) electrons. The van der Waals surface area contributed by atoms with Crippen molar-refractivity contribution in [1.29, 1.82) is 0 Å². The number of carbonyl (C=O) groups is 1. The third kappa shape index (κ3) is 4.10. The van der Waals surface area contributed by atoms with Crippen LogP contribution < -0.4 is 11.1 Å². The van der Waals surface area contributed by atoms with Crippen LogP contribution in [0.3, 0.4) is 0 Å². The molecule has 0 aromatic heterocycles. The summed E-state index contributed by atoms with van der Waals surface area (Å²) in [5.74, 6) is 0.857. The SMILES string of the molecule is CC1CC(C(=O)NCCN(C)C)CCC1N. The Balaban J connectivity index is 2.26. The van der Waals surface area contributed by atoms with Crippen molar-refractivity contribution in [1.82, 2.24) is 10.2 Å². The smallest absolute Gasteiger partial charge is 0.223 e. The minimum Gasteiger partial charge on any atom is -0.355 e. The van der Waals surface area contributed by atoms with E-state index in [1.165, 1.54) is 0 Å². The lowest BCUT2D eigenvalue weighted by molar-refractivity contribution is -0.126. The quantitative estimate of drug-likeness (QED) is 0.732. The van der Waals surface area contributed by atoms with Gasteiger partial charge >= 0.3 is 0 Å². The standard InChI is InChI=1S/C12H25N3O/c1-9-8-10(4-5-11(9)13)12(16)14-6-7-15(2)3/h9-11H,4-8,13H2,1-3H3,(H,14,16). The molecule has 3 N–H and O–H groups in total. The molecule has 0 saturated heterocycles. The third-order valence-corrected chi connectivity index (χ3v) is 3.46. The number of rotatable bonds is 4. The van der Waals surface area contributed by atoms with Gasteiger partial charge in [-0.15, -0.1) is 0 Å². The molecule has 94 valence electrons. The maximum Gasteiger partial charge on any atom is 0.223 e. The molecule has 1 fully saturated rings. The number of nitrogens with one attached hydrogen (secondary N) is 1. The predicted octanol–water partition coefficient (Wildman–Crippen LogP) is 0.428. The van der Waals surface area contributed by atoms with Gasteiger partial charge in [-0.1, -0.05) is 6.92 Å². The molecule has 4 nitrogen and oxygen atoms in total. The first-order valence-electron chi connectivity index (χ1n) is 6.18. The van der Waals surface area contributed by atoms with Gasteiger partial charge in [0.05, 0.1) is 0 Å². The molecule has 1 aliphatic rings. The van der Waals surface area contributed by atoms with Crippen LogP contribution in [0.15, 0.2) is 0 Å². The van der Waals surface area contributed by atoms with E-state index < -0.39 is 0 Å². The van der Waals surface area contributed by atoms with Crippen molar-refractivity contribution in [3.05, 3.63) is 0 Å². The lowest BCUT2D eigenvalue weighted by atomic mass is 9.79. The summed E-state index contributed by atoms with van der Waals surface area (Å²) in [6, 6.07) is 0.283. The normalized spacial score (nSPS) is 30.4. The van der Waals surface area contributed by atoms with Crippen molar-refractivity contribution in [2.24, 2.45) is 17.6 Å². The summed E-state index contributed by atoms with van der Waals surface area (Å²) in [5, 5.41) is 3.00. The highest BCUT2D eigenvalue weighted by molar-refractivity contribution is 5.78. The fraction of sp³-hybridized carbons (Fsp3) is 0.917. The van der Waals surface area contributed by atoms with Crippen LogP contribution in [0.1, 0.15) is 26.2 Å². The number of nitrogens with zero attached hydrogens (tertiary/aromatic N) is 1. The van der Waals surface area contributed by atoms with E-state index in [1.807, 2.05) is 14.1 Å². The van der Waals surface area contributed by atoms with E-state index in [4.69, 9.17) is 5.73 Å². The number of nitrogens with two attached hydrogens (primary N) is 1. The molecule has 0 spiro atoms. The van der Waals surface area contributed by atoms with E-state index in [2.05, 4.69) is 17.1 Å². The summed E-state index contributed by atoms with van der Waals surface area (Å²) in [6.45, 7) is 3.78. The second-order valence-corrected chi connectivity index (χ2v) is 5.25. The first-order chi connectivity index (χ1) is 7.50. The molecule has 0 aromatic rings. The van der Waals surface area contributed by atoms with Gasteiger partial charge in [0.1, 0.15) is 0 Å². The Bertz CT molecular complexity index is 230. The lowest BCUT2D eigenvalue weighted by Crippen LogP contribution is -2.41. The Morgan fingerprint density at radius 1 is 1.44 bits per heavy atom. The van der Waals surface area contributed by atoms with Gasteiger partial charge < -0.3 is 16.0 Å². The summed E-state index contributed by atoms with van der Waals surface area (Å²) in [6.07, 6.45) is 2.86.